The Kier molecular flexibility index (Phi) is 5.57. The van der Waals surface area contributed by atoms with Crippen molar-refractivity contribution in [2.24, 2.45) is 5.73 Å². The van der Waals surface area contributed by atoms with Crippen LogP contribution in [-0.4, -0.2) is 42.5 Å². The van der Waals surface area contributed by atoms with Crippen molar-refractivity contribution in [1.29, 1.82) is 0 Å². The normalized spacial score (nSPS) is 9.92. The molecule has 12 heavy (non-hydrogen) atoms. The van der Waals surface area contributed by atoms with Gasteiger partial charge >= 0.3 is 0 Å². The summed E-state index contributed by atoms with van der Waals surface area (Å²) in [6, 6.07) is 0. The SMILES string of the molecule is CCNC(=O)CN(C)CC(N)=S. The van der Waals surface area contributed by atoms with Gasteiger partial charge in [0.15, 0.2) is 0 Å². The highest BCUT2D eigenvalue weighted by molar-refractivity contribution is 7.80. The number of likely N-dealkylation sites (N-methyl/N-ethyl adjacent to an activating group) is 2. The van der Waals surface area contributed by atoms with Crippen molar-refractivity contribution in [3.63, 3.8) is 0 Å². The van der Waals surface area contributed by atoms with E-state index in [1.165, 1.54) is 0 Å². The number of rotatable bonds is 5. The molecule has 0 aliphatic heterocycles. The third-order valence-electron chi connectivity index (χ3n) is 1.21. The number of amides is 1. The van der Waals surface area contributed by atoms with Gasteiger partial charge in [0.25, 0.3) is 0 Å². The largest absolute Gasteiger partial charge is 0.392 e. The van der Waals surface area contributed by atoms with Crippen LogP contribution in [0.3, 0.4) is 0 Å². The smallest absolute Gasteiger partial charge is 0.234 e. The Morgan fingerprint density at radius 2 is 2.17 bits per heavy atom. The van der Waals surface area contributed by atoms with E-state index >= 15 is 0 Å². The minimum absolute atomic E-state index is 0.00347. The molecule has 0 aromatic heterocycles. The van der Waals surface area contributed by atoms with Gasteiger partial charge in [-0.1, -0.05) is 12.2 Å². The van der Waals surface area contributed by atoms with Gasteiger partial charge < -0.3 is 11.1 Å². The first-order valence-corrected chi connectivity index (χ1v) is 4.20. The topological polar surface area (TPSA) is 58.4 Å². The van der Waals surface area contributed by atoms with E-state index in [0.29, 0.717) is 24.6 Å². The van der Waals surface area contributed by atoms with Gasteiger partial charge in [-0.15, -0.1) is 0 Å². The molecule has 5 heteroatoms. The predicted octanol–water partition coefficient (Wildman–Crippen LogP) is -0.660. The quantitative estimate of drug-likeness (QED) is 0.564. The van der Waals surface area contributed by atoms with Gasteiger partial charge in [0.2, 0.25) is 5.91 Å². The monoisotopic (exact) mass is 189 g/mol. The second kappa shape index (κ2) is 5.91. The Labute approximate surface area is 78.1 Å². The summed E-state index contributed by atoms with van der Waals surface area (Å²) < 4.78 is 0. The Balaban J connectivity index is 3.61. The first-order valence-electron chi connectivity index (χ1n) is 3.79. The van der Waals surface area contributed by atoms with Gasteiger partial charge in [0.05, 0.1) is 11.5 Å². The molecule has 0 aromatic rings. The maximum atomic E-state index is 11.0. The third kappa shape index (κ3) is 6.06. The van der Waals surface area contributed by atoms with Crippen molar-refractivity contribution in [3.8, 4) is 0 Å². The molecule has 0 aromatic carbocycles. The summed E-state index contributed by atoms with van der Waals surface area (Å²) in [5, 5.41) is 2.68. The van der Waals surface area contributed by atoms with Crippen molar-refractivity contribution >= 4 is 23.1 Å². The Morgan fingerprint density at radius 1 is 1.58 bits per heavy atom. The highest BCUT2D eigenvalue weighted by Gasteiger charge is 2.04. The molecule has 0 atom stereocenters. The Bertz CT molecular complexity index is 172. The number of hydrogen-bond acceptors (Lipinski definition) is 3. The molecule has 3 N–H and O–H groups in total. The van der Waals surface area contributed by atoms with Crippen molar-refractivity contribution < 1.29 is 4.79 Å². The fourth-order valence-electron chi connectivity index (χ4n) is 0.820. The van der Waals surface area contributed by atoms with Crippen molar-refractivity contribution in [1.82, 2.24) is 10.2 Å². The van der Waals surface area contributed by atoms with Crippen LogP contribution in [0.5, 0.6) is 0 Å². The minimum atomic E-state index is -0.00347. The molecule has 70 valence electrons. The third-order valence-corrected chi connectivity index (χ3v) is 1.34. The van der Waals surface area contributed by atoms with Gasteiger partial charge in [-0.3, -0.25) is 9.69 Å². The summed E-state index contributed by atoms with van der Waals surface area (Å²) in [4.78, 5) is 13.2. The average Bonchev–Trinajstić information content (AvgIpc) is 1.84. The van der Waals surface area contributed by atoms with Crippen LogP contribution >= 0.6 is 12.2 Å². The summed E-state index contributed by atoms with van der Waals surface area (Å²) in [6.07, 6.45) is 0. The predicted molar refractivity (Wildman–Crippen MR) is 53.0 cm³/mol. The summed E-state index contributed by atoms with van der Waals surface area (Å²) in [5.41, 5.74) is 5.30. The molecule has 0 radical (unpaired) electrons. The molecule has 0 bridgehead atoms. The standard InChI is InChI=1S/C7H15N3OS/c1-3-9-7(11)5-10(2)4-6(8)12/h3-5H2,1-2H3,(H2,8,12)(H,9,11). The summed E-state index contributed by atoms with van der Waals surface area (Å²) in [7, 11) is 1.80. The molecule has 0 saturated carbocycles. The van der Waals surface area contributed by atoms with Crippen LogP contribution in [-0.2, 0) is 4.79 Å². The fourth-order valence-corrected chi connectivity index (χ4v) is 1.04. The van der Waals surface area contributed by atoms with E-state index in [2.05, 4.69) is 5.32 Å². The van der Waals surface area contributed by atoms with Gasteiger partial charge in [0.1, 0.15) is 0 Å². The summed E-state index contributed by atoms with van der Waals surface area (Å²) >= 11 is 4.69. The second-order valence-corrected chi connectivity index (χ2v) is 3.12. The highest BCUT2D eigenvalue weighted by Crippen LogP contribution is 1.81. The Morgan fingerprint density at radius 3 is 2.58 bits per heavy atom. The van der Waals surface area contributed by atoms with Crippen LogP contribution in [0.1, 0.15) is 6.92 Å². The fraction of sp³-hybridized carbons (Fsp3) is 0.714. The highest BCUT2D eigenvalue weighted by atomic mass is 32.1. The van der Waals surface area contributed by atoms with Crippen LogP contribution in [0.15, 0.2) is 0 Å². The molecule has 0 saturated heterocycles. The maximum Gasteiger partial charge on any atom is 0.234 e. The van der Waals surface area contributed by atoms with Crippen LogP contribution in [0, 0.1) is 0 Å². The maximum absolute atomic E-state index is 11.0. The molecule has 1 amide bonds. The number of nitrogens with zero attached hydrogens (tertiary/aromatic N) is 1. The number of thiocarbonyl (C=S) groups is 1. The number of carbonyl (C=O) groups excluding carboxylic acids is 1. The van der Waals surface area contributed by atoms with Crippen LogP contribution in [0.2, 0.25) is 0 Å². The summed E-state index contributed by atoms with van der Waals surface area (Å²) in [6.45, 7) is 3.35. The first-order chi connectivity index (χ1) is 5.56. The lowest BCUT2D eigenvalue weighted by molar-refractivity contribution is -0.121. The Hall–Kier alpha value is -0.680. The van der Waals surface area contributed by atoms with Crippen molar-refractivity contribution in [2.45, 2.75) is 6.92 Å². The molecular formula is C7H15N3OS. The molecule has 0 unspecified atom stereocenters. The average molecular weight is 189 g/mol. The van der Waals surface area contributed by atoms with E-state index in [1.54, 1.807) is 11.9 Å². The number of nitrogens with two attached hydrogens (primary N) is 1. The van der Waals surface area contributed by atoms with E-state index in [-0.39, 0.29) is 5.91 Å². The van der Waals surface area contributed by atoms with Gasteiger partial charge in [-0.2, -0.15) is 0 Å². The zero-order chi connectivity index (χ0) is 9.56. The summed E-state index contributed by atoms with van der Waals surface area (Å²) in [5.74, 6) is -0.00347. The zero-order valence-electron chi connectivity index (χ0n) is 7.46. The second-order valence-electron chi connectivity index (χ2n) is 2.59. The first kappa shape index (κ1) is 11.3. The van der Waals surface area contributed by atoms with Crippen LogP contribution < -0.4 is 11.1 Å². The zero-order valence-corrected chi connectivity index (χ0v) is 8.28. The number of hydrogen-bond donors (Lipinski definition) is 2. The number of carbonyl (C=O) groups is 1. The van der Waals surface area contributed by atoms with Crippen molar-refractivity contribution in [3.05, 3.63) is 0 Å². The minimum Gasteiger partial charge on any atom is -0.392 e. The molecule has 0 spiro atoms. The van der Waals surface area contributed by atoms with Crippen LogP contribution in [0.4, 0.5) is 0 Å². The van der Waals surface area contributed by atoms with Gasteiger partial charge in [0, 0.05) is 13.1 Å². The van der Waals surface area contributed by atoms with E-state index in [1.807, 2.05) is 6.92 Å². The van der Waals surface area contributed by atoms with Crippen LogP contribution in [0.25, 0.3) is 0 Å². The molecule has 0 aliphatic carbocycles. The van der Waals surface area contributed by atoms with E-state index in [9.17, 15) is 4.79 Å². The van der Waals surface area contributed by atoms with Gasteiger partial charge in [-0.25, -0.2) is 0 Å². The van der Waals surface area contributed by atoms with E-state index < -0.39 is 0 Å². The van der Waals surface area contributed by atoms with Crippen molar-refractivity contribution in [2.75, 3.05) is 26.7 Å². The van der Waals surface area contributed by atoms with E-state index in [4.69, 9.17) is 18.0 Å². The van der Waals surface area contributed by atoms with E-state index in [0.717, 1.165) is 0 Å². The molecule has 4 nitrogen and oxygen atoms in total. The van der Waals surface area contributed by atoms with Gasteiger partial charge in [-0.05, 0) is 14.0 Å². The molecular weight excluding hydrogens is 174 g/mol. The lowest BCUT2D eigenvalue weighted by Gasteiger charge is -2.14. The molecule has 0 aliphatic rings. The molecule has 0 heterocycles. The lowest BCUT2D eigenvalue weighted by Crippen LogP contribution is -2.38. The molecule has 0 rings (SSSR count). The number of nitrogens with one attached hydrogen (secondary N) is 1. The molecule has 0 fully saturated rings. The lowest BCUT2D eigenvalue weighted by atomic mass is 10.5.